The Hall–Kier alpha value is -8.30. The summed E-state index contributed by atoms with van der Waals surface area (Å²) in [6, 6.07) is 87.6. The van der Waals surface area contributed by atoms with Crippen molar-refractivity contribution >= 4 is 96.4 Å². The van der Waals surface area contributed by atoms with Gasteiger partial charge in [-0.05, 0) is 124 Å². The first-order valence-corrected chi connectivity index (χ1v) is 23.6. The highest BCUT2D eigenvalue weighted by Gasteiger charge is 2.22. The number of thiophene rings is 1. The van der Waals surface area contributed by atoms with Crippen LogP contribution in [0.5, 0.6) is 0 Å². The third kappa shape index (κ3) is 5.46. The molecule has 14 aromatic rings. The summed E-state index contributed by atoms with van der Waals surface area (Å²) in [6.45, 7) is 0. The van der Waals surface area contributed by atoms with Gasteiger partial charge in [0.2, 0.25) is 0 Å². The van der Waals surface area contributed by atoms with Crippen LogP contribution < -0.4 is 0 Å². The largest absolute Gasteiger partial charge is 0.309 e. The van der Waals surface area contributed by atoms with E-state index in [4.69, 9.17) is 0 Å². The third-order valence-corrected chi connectivity index (χ3v) is 15.1. The Morgan fingerprint density at radius 1 is 0.258 bits per heavy atom. The SMILES string of the molecule is c1ccc(-c2c3ccccc3c(-c3cccc4sc5cc(-c6c7ccccc7c(-c7ccc8c9ccccc9n(-c9ccccc9)c8c7)c7ccccc67)ccc5c34)c3ccccc23)cc1. The first kappa shape index (κ1) is 37.1. The zero-order valence-electron chi connectivity index (χ0n) is 35.9. The molecule has 0 saturated carbocycles. The van der Waals surface area contributed by atoms with Gasteiger partial charge in [0, 0.05) is 36.6 Å². The van der Waals surface area contributed by atoms with Crippen molar-refractivity contribution in [1.82, 2.24) is 4.57 Å². The fraction of sp³-hybridized carbons (Fsp3) is 0. The van der Waals surface area contributed by atoms with Gasteiger partial charge in [0.1, 0.15) is 0 Å². The van der Waals surface area contributed by atoms with Crippen LogP contribution in [0.4, 0.5) is 0 Å². The molecule has 0 fully saturated rings. The van der Waals surface area contributed by atoms with Crippen molar-refractivity contribution in [2.75, 3.05) is 0 Å². The lowest BCUT2D eigenvalue weighted by Gasteiger charge is -2.18. The Labute approximate surface area is 385 Å². The molecule has 0 radical (unpaired) electrons. The lowest BCUT2D eigenvalue weighted by atomic mass is 9.84. The van der Waals surface area contributed by atoms with E-state index in [2.05, 4.69) is 241 Å². The van der Waals surface area contributed by atoms with Crippen LogP contribution in [0.1, 0.15) is 0 Å². The monoisotopic (exact) mass is 853 g/mol. The van der Waals surface area contributed by atoms with Gasteiger partial charge in [-0.2, -0.15) is 0 Å². The van der Waals surface area contributed by atoms with E-state index in [1.807, 2.05) is 11.3 Å². The summed E-state index contributed by atoms with van der Waals surface area (Å²) in [6.07, 6.45) is 0. The number of hydrogen-bond donors (Lipinski definition) is 0. The Bertz CT molecular complexity index is 4160. The smallest absolute Gasteiger partial charge is 0.0547 e. The zero-order chi connectivity index (χ0) is 43.3. The summed E-state index contributed by atoms with van der Waals surface area (Å²) in [5.74, 6) is 0. The summed E-state index contributed by atoms with van der Waals surface area (Å²) in [7, 11) is 0. The predicted molar refractivity (Wildman–Crippen MR) is 285 cm³/mol. The first-order chi connectivity index (χ1) is 32.8. The van der Waals surface area contributed by atoms with E-state index in [9.17, 15) is 0 Å². The number of rotatable bonds is 5. The van der Waals surface area contributed by atoms with Crippen molar-refractivity contribution in [3.05, 3.63) is 237 Å². The van der Waals surface area contributed by atoms with Crippen LogP contribution in [0, 0.1) is 0 Å². The molecule has 0 aliphatic heterocycles. The molecule has 0 bridgehead atoms. The highest BCUT2D eigenvalue weighted by molar-refractivity contribution is 7.26. The molecule has 0 atom stereocenters. The lowest BCUT2D eigenvalue weighted by Crippen LogP contribution is -1.94. The van der Waals surface area contributed by atoms with Gasteiger partial charge in [0.05, 0.1) is 11.0 Å². The third-order valence-electron chi connectivity index (χ3n) is 14.0. The second-order valence-electron chi connectivity index (χ2n) is 17.5. The lowest BCUT2D eigenvalue weighted by molar-refractivity contribution is 1.18. The Morgan fingerprint density at radius 2 is 0.697 bits per heavy atom. The molecule has 0 unspecified atom stereocenters. The minimum absolute atomic E-state index is 1.16. The molecule has 0 aliphatic carbocycles. The van der Waals surface area contributed by atoms with Crippen molar-refractivity contribution in [3.8, 4) is 50.2 Å². The molecule has 1 nitrogen and oxygen atoms in total. The van der Waals surface area contributed by atoms with Crippen molar-refractivity contribution in [2.45, 2.75) is 0 Å². The van der Waals surface area contributed by atoms with Gasteiger partial charge >= 0.3 is 0 Å². The quantitative estimate of drug-likeness (QED) is 0.152. The molecule has 0 N–H and O–H groups in total. The van der Waals surface area contributed by atoms with Crippen LogP contribution in [0.15, 0.2) is 237 Å². The summed E-state index contributed by atoms with van der Waals surface area (Å²) in [4.78, 5) is 0. The Balaban J connectivity index is 0.985. The maximum Gasteiger partial charge on any atom is 0.0547 e. The van der Waals surface area contributed by atoms with Gasteiger partial charge in [-0.15, -0.1) is 11.3 Å². The molecule has 306 valence electrons. The number of benzene rings is 12. The molecule has 0 aliphatic rings. The maximum atomic E-state index is 2.46. The number of nitrogens with zero attached hydrogens (tertiary/aromatic N) is 1. The van der Waals surface area contributed by atoms with Gasteiger partial charge in [-0.1, -0.05) is 200 Å². The molecule has 2 aromatic heterocycles. The summed E-state index contributed by atoms with van der Waals surface area (Å²) in [5.41, 5.74) is 13.7. The molecule has 0 saturated heterocycles. The van der Waals surface area contributed by atoms with E-state index in [1.54, 1.807) is 0 Å². The zero-order valence-corrected chi connectivity index (χ0v) is 36.7. The minimum atomic E-state index is 1.16. The van der Waals surface area contributed by atoms with Gasteiger partial charge in [-0.3, -0.25) is 0 Å². The molecule has 2 heterocycles. The highest BCUT2D eigenvalue weighted by atomic mass is 32.1. The Morgan fingerprint density at radius 3 is 1.27 bits per heavy atom. The summed E-state index contributed by atoms with van der Waals surface area (Å²) < 4.78 is 5.01. The molecule has 12 aromatic carbocycles. The molecule has 66 heavy (non-hydrogen) atoms. The van der Waals surface area contributed by atoms with E-state index in [0.29, 0.717) is 0 Å². The van der Waals surface area contributed by atoms with Crippen molar-refractivity contribution < 1.29 is 0 Å². The number of hydrogen-bond acceptors (Lipinski definition) is 1. The van der Waals surface area contributed by atoms with Crippen LogP contribution in [0.2, 0.25) is 0 Å². The standard InChI is InChI=1S/C64H39NS/c1-3-18-40(19-4-1)60-50-27-11-13-29-52(50)63(53-30-14-12-28-51(53)60)55-31-17-33-58-64(55)54-37-35-42(39-59(54)66-58)62-48-25-9-7-23-46(48)61(47-24-8-10-26-49(47)62)41-34-36-45-44-22-15-16-32-56(44)65(57(45)38-41)43-20-5-2-6-21-43/h1-39H. The number of aromatic nitrogens is 1. The second kappa shape index (κ2) is 14.6. The van der Waals surface area contributed by atoms with Gasteiger partial charge in [0.15, 0.2) is 0 Å². The molecule has 0 amide bonds. The van der Waals surface area contributed by atoms with Gasteiger partial charge in [0.25, 0.3) is 0 Å². The summed E-state index contributed by atoms with van der Waals surface area (Å²) in [5, 5.41) is 15.3. The van der Waals surface area contributed by atoms with Crippen LogP contribution in [-0.2, 0) is 0 Å². The Kier molecular flexibility index (Phi) is 8.22. The average molecular weight is 854 g/mol. The molecule has 0 spiro atoms. The van der Waals surface area contributed by atoms with Crippen LogP contribution in [0.3, 0.4) is 0 Å². The van der Waals surface area contributed by atoms with Crippen molar-refractivity contribution in [2.24, 2.45) is 0 Å². The maximum absolute atomic E-state index is 2.46. The minimum Gasteiger partial charge on any atom is -0.309 e. The van der Waals surface area contributed by atoms with Crippen LogP contribution >= 0.6 is 11.3 Å². The highest BCUT2D eigenvalue weighted by Crippen LogP contribution is 2.50. The summed E-state index contributed by atoms with van der Waals surface area (Å²) >= 11 is 1.90. The average Bonchev–Trinajstić information content (AvgIpc) is 3.93. The van der Waals surface area contributed by atoms with Crippen LogP contribution in [0.25, 0.3) is 135 Å². The number of para-hydroxylation sites is 2. The number of fused-ring (bicyclic) bond motifs is 10. The van der Waals surface area contributed by atoms with E-state index in [-0.39, 0.29) is 0 Å². The van der Waals surface area contributed by atoms with E-state index in [1.165, 1.54) is 130 Å². The normalized spacial score (nSPS) is 11.9. The van der Waals surface area contributed by atoms with Crippen LogP contribution in [-0.4, -0.2) is 4.57 Å². The molecular formula is C64H39NS. The predicted octanol–water partition coefficient (Wildman–Crippen LogP) is 18.4. The van der Waals surface area contributed by atoms with Gasteiger partial charge in [-0.25, -0.2) is 0 Å². The molecule has 14 rings (SSSR count). The van der Waals surface area contributed by atoms with E-state index < -0.39 is 0 Å². The fourth-order valence-corrected chi connectivity index (χ4v) is 12.4. The van der Waals surface area contributed by atoms with Gasteiger partial charge < -0.3 is 4.57 Å². The molecule has 2 heteroatoms. The topological polar surface area (TPSA) is 4.93 Å². The van der Waals surface area contributed by atoms with E-state index >= 15 is 0 Å². The second-order valence-corrected chi connectivity index (χ2v) is 18.5. The van der Waals surface area contributed by atoms with Crippen molar-refractivity contribution in [1.29, 1.82) is 0 Å². The first-order valence-electron chi connectivity index (χ1n) is 22.8. The fourth-order valence-electron chi connectivity index (χ4n) is 11.3. The van der Waals surface area contributed by atoms with Crippen molar-refractivity contribution in [3.63, 3.8) is 0 Å². The van der Waals surface area contributed by atoms with E-state index in [0.717, 1.165) is 5.69 Å². The molecular weight excluding hydrogens is 815 g/mol.